The van der Waals surface area contributed by atoms with E-state index in [4.69, 9.17) is 0 Å². The van der Waals surface area contributed by atoms with Gasteiger partial charge in [-0.3, -0.25) is 0 Å². The van der Waals surface area contributed by atoms with Gasteiger partial charge in [0.1, 0.15) is 0 Å². The van der Waals surface area contributed by atoms with Crippen molar-refractivity contribution < 1.29 is 0 Å². The zero-order valence-electron chi connectivity index (χ0n) is 17.0. The maximum atomic E-state index is 3.60. The zero-order valence-corrected chi connectivity index (χ0v) is 17.0. The van der Waals surface area contributed by atoms with Crippen molar-refractivity contribution in [1.29, 1.82) is 0 Å². The van der Waals surface area contributed by atoms with E-state index in [1.807, 2.05) is 0 Å². The molecule has 2 aromatic rings. The number of benzene rings is 2. The Morgan fingerprint density at radius 2 is 1.15 bits per heavy atom. The van der Waals surface area contributed by atoms with Gasteiger partial charge in [-0.05, 0) is 72.2 Å². The monoisotopic (exact) mass is 352 g/mol. The summed E-state index contributed by atoms with van der Waals surface area (Å²) in [6.45, 7) is 13.1. The third-order valence-electron chi connectivity index (χ3n) is 4.61. The number of hydrogen-bond donors (Lipinski definition) is 2. The zero-order chi connectivity index (χ0) is 18.8. The summed E-state index contributed by atoms with van der Waals surface area (Å²) in [4.78, 5) is 0. The van der Waals surface area contributed by atoms with Crippen LogP contribution in [0.15, 0.2) is 48.5 Å². The molecular formula is C24H36N2. The van der Waals surface area contributed by atoms with E-state index < -0.39 is 0 Å². The van der Waals surface area contributed by atoms with Gasteiger partial charge in [-0.1, -0.05) is 64.1 Å². The molecule has 0 bridgehead atoms. The van der Waals surface area contributed by atoms with Crippen LogP contribution in [0.2, 0.25) is 0 Å². The van der Waals surface area contributed by atoms with Crippen LogP contribution >= 0.6 is 0 Å². The number of rotatable bonds is 11. The molecule has 0 amide bonds. The van der Waals surface area contributed by atoms with Gasteiger partial charge in [-0.25, -0.2) is 0 Å². The highest BCUT2D eigenvalue weighted by atomic mass is 14.9. The van der Waals surface area contributed by atoms with Gasteiger partial charge in [0.05, 0.1) is 0 Å². The van der Waals surface area contributed by atoms with Crippen LogP contribution in [0.4, 0.5) is 0 Å². The van der Waals surface area contributed by atoms with Crippen LogP contribution in [0.5, 0.6) is 0 Å². The molecule has 2 N–H and O–H groups in total. The molecule has 0 aliphatic heterocycles. The maximum Gasteiger partial charge on any atom is 0.0205 e. The van der Waals surface area contributed by atoms with Gasteiger partial charge in [0.2, 0.25) is 0 Å². The summed E-state index contributed by atoms with van der Waals surface area (Å²) in [5, 5.41) is 7.20. The first-order valence-electron chi connectivity index (χ1n) is 10.1. The molecule has 2 heteroatoms. The molecule has 2 aromatic carbocycles. The van der Waals surface area contributed by atoms with Crippen molar-refractivity contribution in [2.45, 2.75) is 53.6 Å². The first kappa shape index (κ1) is 20.7. The fourth-order valence-electron chi connectivity index (χ4n) is 3.01. The van der Waals surface area contributed by atoms with E-state index in [1.54, 1.807) is 0 Å². The molecular weight excluding hydrogens is 316 g/mol. The molecule has 0 radical (unpaired) electrons. The lowest BCUT2D eigenvalue weighted by molar-refractivity contribution is 0.535. The Labute approximate surface area is 160 Å². The predicted octanol–water partition coefficient (Wildman–Crippen LogP) is 5.63. The average molecular weight is 353 g/mol. The Morgan fingerprint density at radius 1 is 0.654 bits per heavy atom. The third kappa shape index (κ3) is 7.72. The van der Waals surface area contributed by atoms with Gasteiger partial charge in [-0.15, -0.1) is 0 Å². The molecule has 2 rings (SSSR count). The molecule has 0 aromatic heterocycles. The van der Waals surface area contributed by atoms with E-state index in [2.05, 4.69) is 86.9 Å². The van der Waals surface area contributed by atoms with Crippen LogP contribution in [0, 0.1) is 11.8 Å². The summed E-state index contributed by atoms with van der Waals surface area (Å²) in [5.41, 5.74) is 5.35. The van der Waals surface area contributed by atoms with E-state index in [1.165, 1.54) is 35.1 Å². The third-order valence-corrected chi connectivity index (χ3v) is 4.61. The van der Waals surface area contributed by atoms with E-state index in [-0.39, 0.29) is 0 Å². The summed E-state index contributed by atoms with van der Waals surface area (Å²) in [6.07, 6.45) is 2.45. The Bertz CT molecular complexity index is 598. The summed E-state index contributed by atoms with van der Waals surface area (Å²) in [7, 11) is 0. The highest BCUT2D eigenvalue weighted by molar-refractivity contribution is 5.65. The van der Waals surface area contributed by atoms with Gasteiger partial charge < -0.3 is 10.6 Å². The van der Waals surface area contributed by atoms with Crippen molar-refractivity contribution in [2.24, 2.45) is 11.8 Å². The Balaban J connectivity index is 2.06. The van der Waals surface area contributed by atoms with Gasteiger partial charge in [0.25, 0.3) is 0 Å². The van der Waals surface area contributed by atoms with E-state index in [0.717, 1.165) is 38.0 Å². The molecule has 2 nitrogen and oxygen atoms in total. The first-order chi connectivity index (χ1) is 12.5. The summed E-state index contributed by atoms with van der Waals surface area (Å²) < 4.78 is 0. The highest BCUT2D eigenvalue weighted by Gasteiger charge is 2.04. The minimum Gasteiger partial charge on any atom is -0.313 e. The summed E-state index contributed by atoms with van der Waals surface area (Å²) in [6, 6.07) is 17.7. The molecule has 26 heavy (non-hydrogen) atoms. The Morgan fingerprint density at radius 3 is 1.62 bits per heavy atom. The molecule has 0 fully saturated rings. The van der Waals surface area contributed by atoms with E-state index in [9.17, 15) is 0 Å². The molecule has 0 heterocycles. The lowest BCUT2D eigenvalue weighted by Gasteiger charge is -2.13. The molecule has 0 saturated carbocycles. The molecule has 0 aliphatic rings. The quantitative estimate of drug-likeness (QED) is 0.513. The maximum absolute atomic E-state index is 3.60. The highest BCUT2D eigenvalue weighted by Crippen LogP contribution is 2.22. The molecule has 0 unspecified atom stereocenters. The first-order valence-corrected chi connectivity index (χ1v) is 10.1. The van der Waals surface area contributed by atoms with Gasteiger partial charge in [0, 0.05) is 13.1 Å². The molecule has 0 saturated heterocycles. The largest absolute Gasteiger partial charge is 0.313 e. The van der Waals surface area contributed by atoms with Crippen LogP contribution < -0.4 is 10.6 Å². The van der Waals surface area contributed by atoms with Crippen LogP contribution in [0.25, 0.3) is 11.1 Å². The molecule has 0 atom stereocenters. The van der Waals surface area contributed by atoms with Crippen molar-refractivity contribution in [3.63, 3.8) is 0 Å². The lowest BCUT2D eigenvalue weighted by atomic mass is 9.99. The standard InChI is InChI=1S/C24H36N2/c1-19(2)10-12-25-17-21-14-22(18-26-13-11-20(3)4)16-24(15-21)23-8-6-5-7-9-23/h5-9,14-16,19-20,25-26H,10-13,17-18H2,1-4H3. The summed E-state index contributed by atoms with van der Waals surface area (Å²) >= 11 is 0. The molecule has 142 valence electrons. The minimum atomic E-state index is 0.749. The van der Waals surface area contributed by atoms with Crippen molar-refractivity contribution in [1.82, 2.24) is 10.6 Å². The molecule has 0 spiro atoms. The predicted molar refractivity (Wildman–Crippen MR) is 114 cm³/mol. The minimum absolute atomic E-state index is 0.749. The van der Waals surface area contributed by atoms with Gasteiger partial charge in [0.15, 0.2) is 0 Å². The van der Waals surface area contributed by atoms with Crippen molar-refractivity contribution >= 4 is 0 Å². The van der Waals surface area contributed by atoms with Crippen LogP contribution in [0.3, 0.4) is 0 Å². The smallest absolute Gasteiger partial charge is 0.0205 e. The van der Waals surface area contributed by atoms with Gasteiger partial charge >= 0.3 is 0 Å². The Hall–Kier alpha value is -1.64. The average Bonchev–Trinajstić information content (AvgIpc) is 2.63. The fourth-order valence-corrected chi connectivity index (χ4v) is 3.01. The van der Waals surface area contributed by atoms with Crippen molar-refractivity contribution in [3.05, 3.63) is 59.7 Å². The second-order valence-electron chi connectivity index (χ2n) is 8.12. The van der Waals surface area contributed by atoms with E-state index >= 15 is 0 Å². The fraction of sp³-hybridized carbons (Fsp3) is 0.500. The second-order valence-corrected chi connectivity index (χ2v) is 8.12. The number of hydrogen-bond acceptors (Lipinski definition) is 2. The van der Waals surface area contributed by atoms with Crippen LogP contribution in [-0.4, -0.2) is 13.1 Å². The summed E-state index contributed by atoms with van der Waals surface area (Å²) in [5.74, 6) is 1.50. The topological polar surface area (TPSA) is 24.1 Å². The second kappa shape index (κ2) is 11.2. The Kier molecular flexibility index (Phi) is 8.87. The molecule has 0 aliphatic carbocycles. The normalized spacial score (nSPS) is 11.5. The van der Waals surface area contributed by atoms with Crippen LogP contribution in [0.1, 0.15) is 51.7 Å². The number of nitrogens with one attached hydrogen (secondary N) is 2. The van der Waals surface area contributed by atoms with Gasteiger partial charge in [-0.2, -0.15) is 0 Å². The van der Waals surface area contributed by atoms with Crippen molar-refractivity contribution in [2.75, 3.05) is 13.1 Å². The lowest BCUT2D eigenvalue weighted by Crippen LogP contribution is -2.18. The van der Waals surface area contributed by atoms with E-state index in [0.29, 0.717) is 0 Å². The van der Waals surface area contributed by atoms with Crippen molar-refractivity contribution in [3.8, 4) is 11.1 Å². The van der Waals surface area contributed by atoms with Crippen LogP contribution in [-0.2, 0) is 13.1 Å². The SMILES string of the molecule is CC(C)CCNCc1cc(CNCCC(C)C)cc(-c2ccccc2)c1.